The standard InChI is InChI=1S/C18H31N7O/c26-18(17-14-25(22-21-17)13-16-2-1-5-20-16)24-10-8-23(9-11-24)12-15-3-6-19-7-4-15/h14-16,19-20H,1-13H2/t16-/m0/s1. The van der Waals surface area contributed by atoms with E-state index in [1.54, 1.807) is 0 Å². The van der Waals surface area contributed by atoms with Gasteiger partial charge < -0.3 is 15.5 Å². The molecule has 1 aromatic heterocycles. The Morgan fingerprint density at radius 1 is 1.08 bits per heavy atom. The molecule has 144 valence electrons. The smallest absolute Gasteiger partial charge is 0.276 e. The lowest BCUT2D eigenvalue weighted by Gasteiger charge is -2.37. The Morgan fingerprint density at radius 3 is 2.62 bits per heavy atom. The van der Waals surface area contributed by atoms with Crippen LogP contribution in [0.25, 0.3) is 0 Å². The van der Waals surface area contributed by atoms with E-state index in [1.165, 1.54) is 32.2 Å². The molecule has 4 heterocycles. The number of hydrogen-bond acceptors (Lipinski definition) is 6. The normalized spacial score (nSPS) is 25.7. The Kier molecular flexibility index (Phi) is 5.81. The molecular weight excluding hydrogens is 330 g/mol. The first-order chi connectivity index (χ1) is 12.8. The Hall–Kier alpha value is -1.51. The van der Waals surface area contributed by atoms with Crippen LogP contribution in [0.1, 0.15) is 36.2 Å². The summed E-state index contributed by atoms with van der Waals surface area (Å²) in [4.78, 5) is 17.2. The van der Waals surface area contributed by atoms with Gasteiger partial charge in [0.1, 0.15) is 0 Å². The highest BCUT2D eigenvalue weighted by Crippen LogP contribution is 2.15. The van der Waals surface area contributed by atoms with E-state index in [9.17, 15) is 4.79 Å². The lowest BCUT2D eigenvalue weighted by molar-refractivity contribution is 0.0602. The molecule has 2 N–H and O–H groups in total. The maximum atomic E-state index is 12.7. The van der Waals surface area contributed by atoms with Gasteiger partial charge >= 0.3 is 0 Å². The summed E-state index contributed by atoms with van der Waals surface area (Å²) in [6, 6.07) is 0.457. The molecule has 1 amide bonds. The fraction of sp³-hybridized carbons (Fsp3) is 0.833. The van der Waals surface area contributed by atoms with Crippen LogP contribution in [0.5, 0.6) is 0 Å². The summed E-state index contributed by atoms with van der Waals surface area (Å²) in [5, 5.41) is 15.1. The second kappa shape index (κ2) is 8.45. The van der Waals surface area contributed by atoms with Crippen LogP contribution in [-0.4, -0.2) is 89.1 Å². The van der Waals surface area contributed by atoms with Crippen LogP contribution in [0, 0.1) is 5.92 Å². The third-order valence-electron chi connectivity index (χ3n) is 5.96. The summed E-state index contributed by atoms with van der Waals surface area (Å²) in [6.45, 7) is 8.86. The number of piperidine rings is 1. The fourth-order valence-electron chi connectivity index (χ4n) is 4.35. The zero-order valence-electron chi connectivity index (χ0n) is 15.6. The van der Waals surface area contributed by atoms with E-state index < -0.39 is 0 Å². The molecule has 4 rings (SSSR count). The van der Waals surface area contributed by atoms with E-state index in [4.69, 9.17) is 0 Å². The van der Waals surface area contributed by atoms with Crippen molar-refractivity contribution in [1.82, 2.24) is 35.4 Å². The summed E-state index contributed by atoms with van der Waals surface area (Å²) in [7, 11) is 0. The van der Waals surface area contributed by atoms with Gasteiger partial charge in [0.05, 0.1) is 12.7 Å². The molecule has 26 heavy (non-hydrogen) atoms. The number of amides is 1. The van der Waals surface area contributed by atoms with Crippen molar-refractivity contribution in [2.24, 2.45) is 5.92 Å². The van der Waals surface area contributed by atoms with Gasteiger partial charge in [-0.1, -0.05) is 5.21 Å². The summed E-state index contributed by atoms with van der Waals surface area (Å²) in [5.74, 6) is 0.833. The molecule has 3 fully saturated rings. The minimum atomic E-state index is 0.0251. The van der Waals surface area contributed by atoms with Gasteiger partial charge in [-0.3, -0.25) is 14.4 Å². The van der Waals surface area contributed by atoms with Crippen LogP contribution in [0.15, 0.2) is 6.20 Å². The molecule has 3 aliphatic heterocycles. The molecule has 3 saturated heterocycles. The van der Waals surface area contributed by atoms with Crippen molar-refractivity contribution < 1.29 is 4.79 Å². The molecule has 0 unspecified atom stereocenters. The molecule has 1 atom stereocenters. The summed E-state index contributed by atoms with van der Waals surface area (Å²) < 4.78 is 1.81. The van der Waals surface area contributed by atoms with E-state index in [0.717, 1.165) is 58.3 Å². The number of piperazine rings is 1. The van der Waals surface area contributed by atoms with Crippen LogP contribution in [0.4, 0.5) is 0 Å². The lowest BCUT2D eigenvalue weighted by Crippen LogP contribution is -2.50. The van der Waals surface area contributed by atoms with Crippen molar-refractivity contribution in [2.45, 2.75) is 38.3 Å². The number of aromatic nitrogens is 3. The Balaban J connectivity index is 1.24. The van der Waals surface area contributed by atoms with Crippen LogP contribution in [-0.2, 0) is 6.54 Å². The van der Waals surface area contributed by atoms with Crippen LogP contribution in [0.3, 0.4) is 0 Å². The minimum Gasteiger partial charge on any atom is -0.335 e. The Morgan fingerprint density at radius 2 is 1.88 bits per heavy atom. The second-order valence-corrected chi connectivity index (χ2v) is 7.91. The van der Waals surface area contributed by atoms with Gasteiger partial charge in [-0.2, -0.15) is 0 Å². The molecule has 3 aliphatic rings. The first-order valence-electron chi connectivity index (χ1n) is 10.1. The highest BCUT2D eigenvalue weighted by molar-refractivity contribution is 5.92. The molecule has 1 aromatic rings. The van der Waals surface area contributed by atoms with Crippen molar-refractivity contribution in [1.29, 1.82) is 0 Å². The number of carbonyl (C=O) groups excluding carboxylic acids is 1. The maximum Gasteiger partial charge on any atom is 0.276 e. The van der Waals surface area contributed by atoms with E-state index in [-0.39, 0.29) is 5.91 Å². The van der Waals surface area contributed by atoms with Crippen LogP contribution in [0.2, 0.25) is 0 Å². The topological polar surface area (TPSA) is 78.3 Å². The van der Waals surface area contributed by atoms with Gasteiger partial charge in [-0.25, -0.2) is 0 Å². The number of nitrogens with one attached hydrogen (secondary N) is 2. The number of nitrogens with zero attached hydrogens (tertiary/aromatic N) is 5. The first-order valence-corrected chi connectivity index (χ1v) is 10.1. The van der Waals surface area contributed by atoms with Gasteiger partial charge in [0, 0.05) is 38.8 Å². The first kappa shape index (κ1) is 17.9. The largest absolute Gasteiger partial charge is 0.335 e. The van der Waals surface area contributed by atoms with E-state index >= 15 is 0 Å². The number of rotatable bonds is 5. The summed E-state index contributed by atoms with van der Waals surface area (Å²) in [5.41, 5.74) is 0.481. The van der Waals surface area contributed by atoms with E-state index in [2.05, 4.69) is 25.8 Å². The predicted molar refractivity (Wildman–Crippen MR) is 99.0 cm³/mol. The van der Waals surface area contributed by atoms with Crippen molar-refractivity contribution in [3.8, 4) is 0 Å². The quantitative estimate of drug-likeness (QED) is 0.756. The molecule has 0 saturated carbocycles. The SMILES string of the molecule is O=C(c1cn(C[C@@H]2CCCN2)nn1)N1CCN(CC2CCNCC2)CC1. The van der Waals surface area contributed by atoms with Gasteiger partial charge in [-0.05, 0) is 51.2 Å². The fourth-order valence-corrected chi connectivity index (χ4v) is 4.35. The molecular formula is C18H31N7O. The van der Waals surface area contributed by atoms with Crippen LogP contribution >= 0.6 is 0 Å². The van der Waals surface area contributed by atoms with E-state index in [0.29, 0.717) is 11.7 Å². The molecule has 0 radical (unpaired) electrons. The number of hydrogen-bond donors (Lipinski definition) is 2. The highest BCUT2D eigenvalue weighted by atomic mass is 16.2. The van der Waals surface area contributed by atoms with Crippen molar-refractivity contribution in [2.75, 3.05) is 52.4 Å². The molecule has 0 aromatic carbocycles. The van der Waals surface area contributed by atoms with Crippen molar-refractivity contribution in [3.63, 3.8) is 0 Å². The molecule has 0 bridgehead atoms. The maximum absolute atomic E-state index is 12.7. The van der Waals surface area contributed by atoms with Gasteiger partial charge in [0.25, 0.3) is 5.91 Å². The summed E-state index contributed by atoms with van der Waals surface area (Å²) in [6.07, 6.45) is 6.74. The van der Waals surface area contributed by atoms with Crippen molar-refractivity contribution >= 4 is 5.91 Å². The molecule has 8 heteroatoms. The number of carbonyl (C=O) groups is 1. The van der Waals surface area contributed by atoms with Gasteiger partial charge in [0.15, 0.2) is 5.69 Å². The third-order valence-corrected chi connectivity index (χ3v) is 5.96. The van der Waals surface area contributed by atoms with Gasteiger partial charge in [0.2, 0.25) is 0 Å². The second-order valence-electron chi connectivity index (χ2n) is 7.91. The summed E-state index contributed by atoms with van der Waals surface area (Å²) >= 11 is 0. The van der Waals surface area contributed by atoms with E-state index in [1.807, 2.05) is 15.8 Å². The average molecular weight is 361 g/mol. The minimum absolute atomic E-state index is 0.0251. The average Bonchev–Trinajstić information content (AvgIpc) is 3.35. The monoisotopic (exact) mass is 361 g/mol. The lowest BCUT2D eigenvalue weighted by atomic mass is 9.97. The van der Waals surface area contributed by atoms with Crippen molar-refractivity contribution in [3.05, 3.63) is 11.9 Å². The Bertz CT molecular complexity index is 584. The third kappa shape index (κ3) is 4.42. The van der Waals surface area contributed by atoms with Gasteiger partial charge in [-0.15, -0.1) is 5.10 Å². The molecule has 8 nitrogen and oxygen atoms in total. The van der Waals surface area contributed by atoms with Crippen LogP contribution < -0.4 is 10.6 Å². The Labute approximate surface area is 155 Å². The predicted octanol–water partition coefficient (Wildman–Crippen LogP) is -0.212. The zero-order valence-corrected chi connectivity index (χ0v) is 15.6. The zero-order chi connectivity index (χ0) is 17.8. The molecule has 0 aliphatic carbocycles. The highest BCUT2D eigenvalue weighted by Gasteiger charge is 2.26. The molecule has 0 spiro atoms.